The number of hydrogen-bond acceptors (Lipinski definition) is 5. The Morgan fingerprint density at radius 1 is 1.11 bits per heavy atom. The average Bonchev–Trinajstić information content (AvgIpc) is 3.40. The second-order valence-electron chi connectivity index (χ2n) is 10.0. The van der Waals surface area contributed by atoms with Gasteiger partial charge in [-0.3, -0.25) is 14.6 Å². The lowest BCUT2D eigenvalue weighted by Crippen LogP contribution is -2.38. The number of carbonyl (C=O) groups is 2. The van der Waals surface area contributed by atoms with Crippen molar-refractivity contribution in [3.8, 4) is 22.4 Å². The van der Waals surface area contributed by atoms with Gasteiger partial charge in [0.1, 0.15) is 11.5 Å². The summed E-state index contributed by atoms with van der Waals surface area (Å²) in [5.74, 6) is -1.16. The van der Waals surface area contributed by atoms with Gasteiger partial charge in [-0.2, -0.15) is 0 Å². The third-order valence-electron chi connectivity index (χ3n) is 7.06. The van der Waals surface area contributed by atoms with Gasteiger partial charge in [0.15, 0.2) is 0 Å². The molecule has 38 heavy (non-hydrogen) atoms. The van der Waals surface area contributed by atoms with Gasteiger partial charge in [0.05, 0.1) is 16.8 Å². The van der Waals surface area contributed by atoms with Crippen molar-refractivity contribution in [2.24, 2.45) is 5.73 Å². The molecule has 0 spiro atoms. The van der Waals surface area contributed by atoms with Crippen molar-refractivity contribution in [2.75, 3.05) is 20.1 Å². The molecule has 1 fully saturated rings. The fourth-order valence-corrected chi connectivity index (χ4v) is 5.16. The number of halogens is 1. The van der Waals surface area contributed by atoms with Crippen molar-refractivity contribution in [3.63, 3.8) is 0 Å². The van der Waals surface area contributed by atoms with Crippen molar-refractivity contribution in [1.82, 2.24) is 20.2 Å². The molecule has 1 aliphatic rings. The topological polar surface area (TPSA) is 101 Å². The van der Waals surface area contributed by atoms with Crippen molar-refractivity contribution in [3.05, 3.63) is 82.9 Å². The number of aromatic nitrogens is 2. The molecule has 0 aliphatic carbocycles. The zero-order valence-electron chi connectivity index (χ0n) is 21.7. The number of carbonyl (C=O) groups excluding carboxylic acids is 2. The molecule has 2 amide bonds. The normalized spacial score (nSPS) is 15.1. The van der Waals surface area contributed by atoms with E-state index in [1.165, 1.54) is 12.1 Å². The van der Waals surface area contributed by atoms with E-state index in [0.717, 1.165) is 36.1 Å². The molecule has 0 radical (unpaired) electrons. The summed E-state index contributed by atoms with van der Waals surface area (Å²) >= 11 is 0. The van der Waals surface area contributed by atoms with Crippen LogP contribution in [0.1, 0.15) is 44.8 Å². The molecule has 8 heteroatoms. The quantitative estimate of drug-likeness (QED) is 0.393. The number of rotatable bonds is 6. The van der Waals surface area contributed by atoms with Crippen LogP contribution in [0.5, 0.6) is 0 Å². The van der Waals surface area contributed by atoms with Crippen molar-refractivity contribution in [1.29, 1.82) is 0 Å². The number of pyridine rings is 2. The van der Waals surface area contributed by atoms with Crippen LogP contribution in [0.4, 0.5) is 4.39 Å². The van der Waals surface area contributed by atoms with Gasteiger partial charge >= 0.3 is 0 Å². The highest BCUT2D eigenvalue weighted by molar-refractivity contribution is 6.12. The van der Waals surface area contributed by atoms with E-state index in [-0.39, 0.29) is 23.5 Å². The maximum Gasteiger partial charge on any atom is 0.267 e. The summed E-state index contributed by atoms with van der Waals surface area (Å²) in [5, 5.41) is 4.07. The van der Waals surface area contributed by atoms with Crippen LogP contribution in [0.2, 0.25) is 0 Å². The second kappa shape index (κ2) is 10.3. The molecule has 5 rings (SSSR count). The van der Waals surface area contributed by atoms with Crippen LogP contribution in [-0.2, 0) is 0 Å². The molecule has 7 nitrogen and oxygen atoms in total. The van der Waals surface area contributed by atoms with Crippen LogP contribution in [0.15, 0.2) is 54.7 Å². The first-order valence-electron chi connectivity index (χ1n) is 12.7. The Hall–Kier alpha value is -4.17. The lowest BCUT2D eigenvalue weighted by atomic mass is 9.94. The Bertz CT molecular complexity index is 1540. The first kappa shape index (κ1) is 25.5. The largest absolute Gasteiger partial charge is 0.364 e. The number of benzene rings is 2. The van der Waals surface area contributed by atoms with Gasteiger partial charge in [0, 0.05) is 42.3 Å². The lowest BCUT2D eigenvalue weighted by Gasteiger charge is -2.24. The van der Waals surface area contributed by atoms with E-state index in [1.807, 2.05) is 38.1 Å². The molecule has 0 saturated carbocycles. The van der Waals surface area contributed by atoms with Crippen molar-refractivity contribution < 1.29 is 14.0 Å². The van der Waals surface area contributed by atoms with Gasteiger partial charge in [0.2, 0.25) is 0 Å². The standard InChI is InChI=1S/C30H30FN5O2/c1-17-11-20(13-21(31)12-17)24-15-34-25-9-7-19(28-18(2)6-8-26(35-28)29(32)37)14-23(25)27(24)30(38)36(3)16-22-5-4-10-33-22/h6-9,11-15,22,33H,4-5,10,16H2,1-3H3,(H2,32,37)/t22-/m0/s1. The predicted molar refractivity (Wildman–Crippen MR) is 146 cm³/mol. The predicted octanol–water partition coefficient (Wildman–Crippen LogP) is 4.64. The molecule has 194 valence electrons. The van der Waals surface area contributed by atoms with E-state index in [0.29, 0.717) is 39.8 Å². The maximum atomic E-state index is 14.5. The van der Waals surface area contributed by atoms with Crippen molar-refractivity contribution in [2.45, 2.75) is 32.7 Å². The summed E-state index contributed by atoms with van der Waals surface area (Å²) in [4.78, 5) is 36.7. The minimum absolute atomic E-state index is 0.160. The number of nitrogens with one attached hydrogen (secondary N) is 1. The SMILES string of the molecule is Cc1cc(F)cc(-c2cnc3ccc(-c4nc(C(N)=O)ccc4C)cc3c2C(=O)N(C)C[C@@H]2CCCN2)c1. The van der Waals surface area contributed by atoms with E-state index in [1.54, 1.807) is 30.3 Å². The summed E-state index contributed by atoms with van der Waals surface area (Å²) in [6.07, 6.45) is 3.73. The Morgan fingerprint density at radius 3 is 2.63 bits per heavy atom. The molecule has 4 aromatic rings. The number of fused-ring (bicyclic) bond motifs is 1. The number of primary amides is 1. The Morgan fingerprint density at radius 2 is 1.92 bits per heavy atom. The zero-order chi connectivity index (χ0) is 27.0. The van der Waals surface area contributed by atoms with Crippen LogP contribution in [-0.4, -0.2) is 52.9 Å². The number of amides is 2. The van der Waals surface area contributed by atoms with Crippen molar-refractivity contribution >= 4 is 22.7 Å². The molecule has 3 heterocycles. The first-order chi connectivity index (χ1) is 18.2. The minimum atomic E-state index is -0.615. The van der Waals surface area contributed by atoms with E-state index in [4.69, 9.17) is 5.73 Å². The Kier molecular flexibility index (Phi) is 6.91. The fourth-order valence-electron chi connectivity index (χ4n) is 5.16. The summed E-state index contributed by atoms with van der Waals surface area (Å²) in [7, 11) is 1.79. The van der Waals surface area contributed by atoms with E-state index >= 15 is 0 Å². The zero-order valence-corrected chi connectivity index (χ0v) is 21.7. The lowest BCUT2D eigenvalue weighted by molar-refractivity contribution is 0.0786. The number of likely N-dealkylation sites (N-methyl/N-ethyl adjacent to an activating group) is 1. The van der Waals surface area contributed by atoms with E-state index in [2.05, 4.69) is 15.3 Å². The molecule has 2 aromatic heterocycles. The summed E-state index contributed by atoms with van der Waals surface area (Å²) < 4.78 is 14.5. The second-order valence-corrected chi connectivity index (χ2v) is 10.0. The molecule has 3 N–H and O–H groups in total. The van der Waals surface area contributed by atoms with Crippen LogP contribution in [0.25, 0.3) is 33.3 Å². The van der Waals surface area contributed by atoms with Gasteiger partial charge in [-0.25, -0.2) is 9.37 Å². The average molecular weight is 512 g/mol. The maximum absolute atomic E-state index is 14.5. The molecule has 1 atom stereocenters. The van der Waals surface area contributed by atoms with E-state index < -0.39 is 5.91 Å². The number of hydrogen-bond donors (Lipinski definition) is 2. The first-order valence-corrected chi connectivity index (χ1v) is 12.7. The molecule has 1 saturated heterocycles. The van der Waals surface area contributed by atoms with Gasteiger partial charge in [0.25, 0.3) is 11.8 Å². The summed E-state index contributed by atoms with van der Waals surface area (Å²) in [5.41, 5.74) is 10.8. The van der Waals surface area contributed by atoms with Gasteiger partial charge < -0.3 is 16.0 Å². The summed E-state index contributed by atoms with van der Waals surface area (Å²) in [6.45, 7) is 5.22. The highest BCUT2D eigenvalue weighted by Crippen LogP contribution is 2.34. The Labute approximate surface area is 220 Å². The monoisotopic (exact) mass is 511 g/mol. The molecular formula is C30H30FN5O2. The van der Waals surface area contributed by atoms with Gasteiger partial charge in [-0.15, -0.1) is 0 Å². The number of nitrogens with two attached hydrogens (primary N) is 1. The number of aryl methyl sites for hydroxylation is 2. The highest BCUT2D eigenvalue weighted by atomic mass is 19.1. The third kappa shape index (κ3) is 4.99. The molecule has 2 aromatic carbocycles. The van der Waals surface area contributed by atoms with Crippen LogP contribution < -0.4 is 11.1 Å². The Balaban J connectivity index is 1.71. The van der Waals surface area contributed by atoms with Gasteiger partial charge in [-0.1, -0.05) is 18.2 Å². The number of nitrogens with zero attached hydrogens (tertiary/aromatic N) is 3. The molecule has 0 unspecified atom stereocenters. The van der Waals surface area contributed by atoms with Crippen LogP contribution in [0.3, 0.4) is 0 Å². The minimum Gasteiger partial charge on any atom is -0.364 e. The van der Waals surface area contributed by atoms with E-state index in [9.17, 15) is 14.0 Å². The summed E-state index contributed by atoms with van der Waals surface area (Å²) in [6, 6.07) is 13.9. The molecule has 0 bridgehead atoms. The molecular weight excluding hydrogens is 481 g/mol. The van der Waals surface area contributed by atoms with Gasteiger partial charge in [-0.05, 0) is 80.3 Å². The van der Waals surface area contributed by atoms with Crippen LogP contribution in [0, 0.1) is 19.7 Å². The van der Waals surface area contributed by atoms with Crippen LogP contribution >= 0.6 is 0 Å². The molecule has 1 aliphatic heterocycles. The highest BCUT2D eigenvalue weighted by Gasteiger charge is 2.25. The fraction of sp³-hybridized carbons (Fsp3) is 0.267. The smallest absolute Gasteiger partial charge is 0.267 e. The third-order valence-corrected chi connectivity index (χ3v) is 7.06.